The van der Waals surface area contributed by atoms with Gasteiger partial charge in [-0.15, -0.1) is 3.96 Å². The number of rotatable bonds is 8. The maximum Gasteiger partial charge on any atom is 0.348 e. The lowest BCUT2D eigenvalue weighted by Crippen LogP contribution is -2.45. The third-order valence-corrected chi connectivity index (χ3v) is 7.77. The number of primary amides is 1. The topological polar surface area (TPSA) is 102 Å². The first-order chi connectivity index (χ1) is 18.9. The molecule has 0 radical (unpaired) electrons. The molecule has 0 spiro atoms. The fraction of sp³-hybridized carbons (Fsp3) is 0.0690. The summed E-state index contributed by atoms with van der Waals surface area (Å²) in [4.78, 5) is 34.1. The zero-order valence-electron chi connectivity index (χ0n) is 20.4. The van der Waals surface area contributed by atoms with Crippen molar-refractivity contribution in [2.75, 3.05) is 0 Å². The van der Waals surface area contributed by atoms with Crippen molar-refractivity contribution in [3.05, 3.63) is 118 Å². The van der Waals surface area contributed by atoms with Crippen molar-refractivity contribution in [3.63, 3.8) is 0 Å². The van der Waals surface area contributed by atoms with Gasteiger partial charge in [0, 0.05) is 30.4 Å². The fourth-order valence-electron chi connectivity index (χ4n) is 3.95. The number of pyridine rings is 1. The number of hydrogen-bond donors (Lipinski definition) is 2. The van der Waals surface area contributed by atoms with Gasteiger partial charge in [0.1, 0.15) is 11.7 Å². The number of nitrogens with zero attached hydrogens (tertiary/aromatic N) is 3. The van der Waals surface area contributed by atoms with E-state index in [4.69, 9.17) is 33.9 Å². The molecule has 0 aliphatic carbocycles. The first-order valence-corrected chi connectivity index (χ1v) is 13.5. The third kappa shape index (κ3) is 6.15. The van der Waals surface area contributed by atoms with Crippen LogP contribution in [0.5, 0.6) is 0 Å². The Morgan fingerprint density at radius 1 is 0.923 bits per heavy atom. The molecule has 0 aliphatic rings. The van der Waals surface area contributed by atoms with Gasteiger partial charge in [0.15, 0.2) is 0 Å². The lowest BCUT2D eigenvalue weighted by atomic mass is 10.0. The summed E-state index contributed by atoms with van der Waals surface area (Å²) in [5.41, 5.74) is 9.30. The second-order valence-electron chi connectivity index (χ2n) is 8.66. The fourth-order valence-corrected chi connectivity index (χ4v) is 5.22. The summed E-state index contributed by atoms with van der Waals surface area (Å²) in [5, 5.41) is 4.39. The molecule has 0 saturated carbocycles. The van der Waals surface area contributed by atoms with Crippen LogP contribution in [-0.4, -0.2) is 27.8 Å². The van der Waals surface area contributed by atoms with E-state index in [1.165, 1.54) is 11.5 Å². The van der Waals surface area contributed by atoms with Crippen LogP contribution >= 0.6 is 34.7 Å². The molecule has 39 heavy (non-hydrogen) atoms. The molecule has 0 bridgehead atoms. The zero-order valence-corrected chi connectivity index (χ0v) is 22.8. The third-order valence-electron chi connectivity index (χ3n) is 5.96. The molecule has 3 aromatic carbocycles. The molecule has 1 atom stereocenters. The van der Waals surface area contributed by atoms with E-state index in [-0.39, 0.29) is 0 Å². The van der Waals surface area contributed by atoms with Crippen molar-refractivity contribution in [2.45, 2.75) is 12.5 Å². The summed E-state index contributed by atoms with van der Waals surface area (Å²) in [7, 11) is 0. The average molecular weight is 576 g/mol. The summed E-state index contributed by atoms with van der Waals surface area (Å²) in [6.07, 6.45) is 3.76. The van der Waals surface area contributed by atoms with Crippen LogP contribution in [0.25, 0.3) is 27.6 Å². The van der Waals surface area contributed by atoms with Crippen LogP contribution in [0.4, 0.5) is 0 Å². The van der Waals surface area contributed by atoms with Crippen molar-refractivity contribution in [1.82, 2.24) is 15.3 Å². The van der Waals surface area contributed by atoms with Crippen molar-refractivity contribution in [2.24, 2.45) is 5.73 Å². The lowest BCUT2D eigenvalue weighted by Gasteiger charge is -2.15. The molecule has 2 heterocycles. The molecular weight excluding hydrogens is 553 g/mol. The number of benzene rings is 3. The largest absolute Gasteiger partial charge is 0.368 e. The molecule has 0 fully saturated rings. The van der Waals surface area contributed by atoms with E-state index in [1.807, 2.05) is 64.6 Å². The Morgan fingerprint density at radius 2 is 1.69 bits per heavy atom. The zero-order chi connectivity index (χ0) is 27.4. The van der Waals surface area contributed by atoms with Crippen molar-refractivity contribution >= 4 is 46.5 Å². The van der Waals surface area contributed by atoms with Gasteiger partial charge in [-0.05, 0) is 59.1 Å². The Bertz CT molecular complexity index is 1630. The lowest BCUT2D eigenvalue weighted by molar-refractivity contribution is -0.509. The highest BCUT2D eigenvalue weighted by Crippen LogP contribution is 2.28. The van der Waals surface area contributed by atoms with Gasteiger partial charge in [0.2, 0.25) is 5.91 Å². The summed E-state index contributed by atoms with van der Waals surface area (Å²) < 4.78 is 1.95. The average Bonchev–Trinajstić information content (AvgIpc) is 3.41. The SMILES string of the molecule is NC(=O)[C@H](Cc1ccccc1)NC(=O)c1ccc(-c2nc(-c3cccnc3)s[n+]2-c2ccc(Cl)c(Cl)c2)cc1. The maximum absolute atomic E-state index is 13.0. The van der Waals surface area contributed by atoms with Gasteiger partial charge in [0.05, 0.1) is 32.7 Å². The van der Waals surface area contributed by atoms with E-state index < -0.39 is 17.9 Å². The van der Waals surface area contributed by atoms with Gasteiger partial charge in [-0.25, -0.2) is 0 Å². The van der Waals surface area contributed by atoms with Crippen LogP contribution in [-0.2, 0) is 11.2 Å². The molecule has 0 aliphatic heterocycles. The predicted molar refractivity (Wildman–Crippen MR) is 153 cm³/mol. The van der Waals surface area contributed by atoms with Gasteiger partial charge in [-0.1, -0.05) is 53.5 Å². The predicted octanol–water partition coefficient (Wildman–Crippen LogP) is 5.28. The van der Waals surface area contributed by atoms with E-state index >= 15 is 0 Å². The Labute approximate surface area is 239 Å². The highest BCUT2D eigenvalue weighted by atomic mass is 35.5. The van der Waals surface area contributed by atoms with Gasteiger partial charge < -0.3 is 11.1 Å². The minimum absolute atomic E-state index is 0.305. The van der Waals surface area contributed by atoms with Crippen LogP contribution in [0, 0.1) is 0 Å². The molecular formula is C29H22Cl2N5O2S+. The molecule has 10 heteroatoms. The highest BCUT2D eigenvalue weighted by molar-refractivity contribution is 7.05. The van der Waals surface area contributed by atoms with Crippen LogP contribution in [0.3, 0.4) is 0 Å². The summed E-state index contributed by atoms with van der Waals surface area (Å²) in [6, 6.07) is 24.7. The minimum Gasteiger partial charge on any atom is -0.368 e. The van der Waals surface area contributed by atoms with E-state index in [0.717, 1.165) is 27.4 Å². The number of aromatic nitrogens is 3. The van der Waals surface area contributed by atoms with Crippen LogP contribution in [0.15, 0.2) is 97.3 Å². The first kappa shape index (κ1) is 26.5. The standard InChI is InChI=1S/C29H21Cl2N5O2S/c30-23-13-12-22(16-24(23)31)36-27(35-29(39-36)21-7-4-14-33-17-21)19-8-10-20(11-9-19)28(38)34-25(26(32)37)15-18-5-2-1-3-6-18/h1-14,16-17,25H,15H2,(H2-,32,34,37,38)/p+1/t25-/m0/s1. The Morgan fingerprint density at radius 3 is 2.36 bits per heavy atom. The van der Waals surface area contributed by atoms with Crippen LogP contribution in [0.1, 0.15) is 15.9 Å². The molecule has 5 aromatic rings. The molecule has 0 unspecified atom stereocenters. The highest BCUT2D eigenvalue weighted by Gasteiger charge is 2.27. The van der Waals surface area contributed by atoms with E-state index in [1.54, 1.807) is 36.7 Å². The minimum atomic E-state index is -0.836. The van der Waals surface area contributed by atoms with Gasteiger partial charge in [-0.2, -0.15) is 0 Å². The van der Waals surface area contributed by atoms with Gasteiger partial charge in [0.25, 0.3) is 10.9 Å². The second kappa shape index (κ2) is 11.7. The second-order valence-corrected chi connectivity index (χ2v) is 10.4. The molecule has 7 nitrogen and oxygen atoms in total. The normalized spacial score (nSPS) is 11.6. The van der Waals surface area contributed by atoms with Crippen molar-refractivity contribution in [1.29, 1.82) is 0 Å². The van der Waals surface area contributed by atoms with Crippen LogP contribution < -0.4 is 15.0 Å². The van der Waals surface area contributed by atoms with E-state index in [0.29, 0.717) is 27.9 Å². The Kier molecular flexibility index (Phi) is 7.97. The number of halogens is 2. The summed E-state index contributed by atoms with van der Waals surface area (Å²) >= 11 is 13.9. The van der Waals surface area contributed by atoms with E-state index in [9.17, 15) is 9.59 Å². The molecule has 3 N–H and O–H groups in total. The monoisotopic (exact) mass is 574 g/mol. The molecule has 2 aromatic heterocycles. The van der Waals surface area contributed by atoms with E-state index in [2.05, 4.69) is 10.3 Å². The first-order valence-electron chi connectivity index (χ1n) is 11.9. The number of carbonyl (C=O) groups excluding carboxylic acids is 2. The number of carbonyl (C=O) groups is 2. The van der Waals surface area contributed by atoms with Crippen molar-refractivity contribution < 1.29 is 13.5 Å². The smallest absolute Gasteiger partial charge is 0.348 e. The quantitative estimate of drug-likeness (QED) is 0.246. The van der Waals surface area contributed by atoms with Gasteiger partial charge >= 0.3 is 5.82 Å². The Balaban J connectivity index is 1.44. The molecule has 194 valence electrons. The number of hydrogen-bond acceptors (Lipinski definition) is 5. The number of amides is 2. The summed E-state index contributed by atoms with van der Waals surface area (Å²) in [5.74, 6) is -0.340. The van der Waals surface area contributed by atoms with Gasteiger partial charge in [-0.3, -0.25) is 14.6 Å². The van der Waals surface area contributed by atoms with Crippen LogP contribution in [0.2, 0.25) is 10.0 Å². The molecule has 5 rings (SSSR count). The maximum atomic E-state index is 13.0. The summed E-state index contributed by atoms with van der Waals surface area (Å²) in [6.45, 7) is 0. The Hall–Kier alpha value is -4.11. The number of nitrogens with two attached hydrogens (primary N) is 1. The molecule has 0 saturated heterocycles. The van der Waals surface area contributed by atoms with Crippen molar-refractivity contribution in [3.8, 4) is 27.6 Å². The molecule has 2 amide bonds. The number of nitrogens with one attached hydrogen (secondary N) is 1.